The molecule has 0 radical (unpaired) electrons. The Bertz CT molecular complexity index is 810. The zero-order chi connectivity index (χ0) is 17.6. The molecule has 1 fully saturated rings. The summed E-state index contributed by atoms with van der Waals surface area (Å²) in [6.07, 6.45) is 5.28. The third kappa shape index (κ3) is 2.52. The van der Waals surface area contributed by atoms with Crippen LogP contribution in [-0.4, -0.2) is 49.9 Å². The number of anilines is 1. The number of piperidine rings is 1. The van der Waals surface area contributed by atoms with Gasteiger partial charge < -0.3 is 4.90 Å². The summed E-state index contributed by atoms with van der Waals surface area (Å²) in [6.45, 7) is 1.52. The quantitative estimate of drug-likeness (QED) is 0.815. The average Bonchev–Trinajstić information content (AvgIpc) is 3.25. The lowest BCUT2D eigenvalue weighted by molar-refractivity contribution is -0.141. The number of aryl methyl sites for hydroxylation is 2. The first-order valence-electron chi connectivity index (χ1n) is 8.64. The van der Waals surface area contributed by atoms with Crippen LogP contribution >= 0.6 is 0 Å². The second kappa shape index (κ2) is 6.02. The molecule has 2 atom stereocenters. The largest absolute Gasteiger partial charge is 0.336 e. The normalized spacial score (nSPS) is 23.7. The van der Waals surface area contributed by atoms with E-state index in [1.807, 2.05) is 28.8 Å². The van der Waals surface area contributed by atoms with Gasteiger partial charge in [0.15, 0.2) is 0 Å². The summed E-state index contributed by atoms with van der Waals surface area (Å²) < 4.78 is 3.62. The number of rotatable bonds is 2. The molecule has 0 unspecified atom stereocenters. The van der Waals surface area contributed by atoms with Crippen LogP contribution in [0.1, 0.15) is 31.0 Å². The molecule has 0 bridgehead atoms. The van der Waals surface area contributed by atoms with Crippen molar-refractivity contribution in [2.75, 3.05) is 18.5 Å². The fourth-order valence-corrected chi connectivity index (χ4v) is 4.02. The zero-order valence-corrected chi connectivity index (χ0v) is 14.5. The SMILES string of the molecule is CN1C(=O)CC[C@H](C(=O)N2CCCn3nccc32)[C@H]1c1ccnn1C. The molecule has 8 heteroatoms. The molecular weight excluding hydrogens is 320 g/mol. The van der Waals surface area contributed by atoms with Crippen LogP contribution in [0.25, 0.3) is 0 Å². The molecule has 0 saturated carbocycles. The fraction of sp³-hybridized carbons (Fsp3) is 0.529. The van der Waals surface area contributed by atoms with Gasteiger partial charge in [-0.15, -0.1) is 0 Å². The van der Waals surface area contributed by atoms with Gasteiger partial charge in [0, 0.05) is 45.9 Å². The van der Waals surface area contributed by atoms with Crippen LogP contribution in [-0.2, 0) is 23.2 Å². The van der Waals surface area contributed by atoms with Crippen molar-refractivity contribution in [3.8, 4) is 0 Å². The first-order valence-corrected chi connectivity index (χ1v) is 8.64. The van der Waals surface area contributed by atoms with E-state index in [9.17, 15) is 9.59 Å². The van der Waals surface area contributed by atoms with Crippen LogP contribution in [0.15, 0.2) is 24.5 Å². The third-order valence-corrected chi connectivity index (χ3v) is 5.33. The number of amides is 2. The van der Waals surface area contributed by atoms with Crippen LogP contribution in [0.4, 0.5) is 5.82 Å². The highest BCUT2D eigenvalue weighted by atomic mass is 16.2. The average molecular weight is 342 g/mol. The van der Waals surface area contributed by atoms with E-state index in [-0.39, 0.29) is 23.8 Å². The van der Waals surface area contributed by atoms with Crippen LogP contribution < -0.4 is 4.90 Å². The molecule has 0 aliphatic carbocycles. The smallest absolute Gasteiger partial charge is 0.233 e. The van der Waals surface area contributed by atoms with E-state index in [2.05, 4.69) is 10.2 Å². The summed E-state index contributed by atoms with van der Waals surface area (Å²) in [6, 6.07) is 3.48. The zero-order valence-electron chi connectivity index (χ0n) is 14.5. The molecule has 2 aliphatic rings. The van der Waals surface area contributed by atoms with Gasteiger partial charge in [0.25, 0.3) is 0 Å². The molecule has 2 aromatic rings. The van der Waals surface area contributed by atoms with Crippen molar-refractivity contribution in [1.82, 2.24) is 24.5 Å². The number of nitrogens with zero attached hydrogens (tertiary/aromatic N) is 6. The Morgan fingerprint density at radius 3 is 2.72 bits per heavy atom. The lowest BCUT2D eigenvalue weighted by Crippen LogP contribution is -2.49. The maximum absolute atomic E-state index is 13.4. The van der Waals surface area contributed by atoms with Crippen molar-refractivity contribution in [2.24, 2.45) is 13.0 Å². The number of carbonyl (C=O) groups excluding carboxylic acids is 2. The lowest BCUT2D eigenvalue weighted by Gasteiger charge is -2.40. The van der Waals surface area contributed by atoms with Crippen molar-refractivity contribution in [2.45, 2.75) is 31.8 Å². The molecule has 2 aromatic heterocycles. The van der Waals surface area contributed by atoms with Crippen molar-refractivity contribution < 1.29 is 9.59 Å². The second-order valence-electron chi connectivity index (χ2n) is 6.73. The fourth-order valence-electron chi connectivity index (χ4n) is 4.02. The van der Waals surface area contributed by atoms with Gasteiger partial charge in [-0.3, -0.25) is 19.2 Å². The Balaban J connectivity index is 1.69. The van der Waals surface area contributed by atoms with Gasteiger partial charge in [-0.1, -0.05) is 0 Å². The highest BCUT2D eigenvalue weighted by molar-refractivity contribution is 5.96. The van der Waals surface area contributed by atoms with Gasteiger partial charge in [-0.25, -0.2) is 4.68 Å². The van der Waals surface area contributed by atoms with Crippen LogP contribution in [0.3, 0.4) is 0 Å². The Morgan fingerprint density at radius 2 is 1.96 bits per heavy atom. The topological polar surface area (TPSA) is 76.3 Å². The molecule has 0 aromatic carbocycles. The predicted molar refractivity (Wildman–Crippen MR) is 90.6 cm³/mol. The van der Waals surface area contributed by atoms with E-state index in [1.165, 1.54) is 0 Å². The van der Waals surface area contributed by atoms with Gasteiger partial charge in [-0.2, -0.15) is 10.2 Å². The van der Waals surface area contributed by atoms with Gasteiger partial charge in [0.2, 0.25) is 11.8 Å². The van der Waals surface area contributed by atoms with Crippen LogP contribution in [0.2, 0.25) is 0 Å². The molecule has 2 amide bonds. The molecule has 4 rings (SSSR count). The first kappa shape index (κ1) is 15.9. The summed E-state index contributed by atoms with van der Waals surface area (Å²) in [7, 11) is 3.62. The van der Waals surface area contributed by atoms with Crippen molar-refractivity contribution in [3.63, 3.8) is 0 Å². The summed E-state index contributed by atoms with van der Waals surface area (Å²) >= 11 is 0. The first-order chi connectivity index (χ1) is 12.1. The summed E-state index contributed by atoms with van der Waals surface area (Å²) in [5, 5.41) is 8.51. The van der Waals surface area contributed by atoms with Crippen molar-refractivity contribution >= 4 is 17.6 Å². The third-order valence-electron chi connectivity index (χ3n) is 5.33. The van der Waals surface area contributed by atoms with E-state index >= 15 is 0 Å². The monoisotopic (exact) mass is 342 g/mol. The number of fused-ring (bicyclic) bond motifs is 1. The molecule has 132 valence electrons. The number of aromatic nitrogens is 4. The predicted octanol–water partition coefficient (Wildman–Crippen LogP) is 0.963. The summed E-state index contributed by atoms with van der Waals surface area (Å²) in [5.41, 5.74) is 0.888. The van der Waals surface area contributed by atoms with Gasteiger partial charge in [-0.05, 0) is 18.9 Å². The minimum Gasteiger partial charge on any atom is -0.336 e. The van der Waals surface area contributed by atoms with E-state index in [0.717, 1.165) is 24.5 Å². The molecule has 0 spiro atoms. The van der Waals surface area contributed by atoms with E-state index in [1.54, 1.807) is 29.0 Å². The van der Waals surface area contributed by atoms with Crippen LogP contribution in [0, 0.1) is 5.92 Å². The maximum Gasteiger partial charge on any atom is 0.233 e. The Labute approximate surface area is 146 Å². The molecule has 0 N–H and O–H groups in total. The minimum atomic E-state index is -0.292. The minimum absolute atomic E-state index is 0.0620. The Morgan fingerprint density at radius 1 is 1.16 bits per heavy atom. The van der Waals surface area contributed by atoms with Gasteiger partial charge in [0.1, 0.15) is 5.82 Å². The number of hydrogen-bond donors (Lipinski definition) is 0. The molecule has 2 aliphatic heterocycles. The molecule has 1 saturated heterocycles. The lowest BCUT2D eigenvalue weighted by atomic mass is 9.85. The summed E-state index contributed by atoms with van der Waals surface area (Å²) in [4.78, 5) is 29.2. The number of likely N-dealkylation sites (tertiary alicyclic amines) is 1. The Kier molecular flexibility index (Phi) is 3.82. The number of carbonyl (C=O) groups is 2. The highest BCUT2D eigenvalue weighted by Gasteiger charge is 2.42. The Hall–Kier alpha value is -2.64. The van der Waals surface area contributed by atoms with E-state index in [0.29, 0.717) is 19.4 Å². The van der Waals surface area contributed by atoms with Crippen LogP contribution in [0.5, 0.6) is 0 Å². The standard InChI is InChI=1S/C17H22N6O2/c1-20-15(24)5-4-12(16(20)13-6-8-18-21(13)2)17(25)22-10-3-11-23-14(22)7-9-19-23/h6-9,12,16H,3-5,10-11H2,1-2H3/t12-,16-/m0/s1. The maximum atomic E-state index is 13.4. The van der Waals surface area contributed by atoms with E-state index < -0.39 is 0 Å². The van der Waals surface area contributed by atoms with E-state index in [4.69, 9.17) is 0 Å². The molecule has 8 nitrogen and oxygen atoms in total. The number of hydrogen-bond acceptors (Lipinski definition) is 4. The van der Waals surface area contributed by atoms with Gasteiger partial charge >= 0.3 is 0 Å². The van der Waals surface area contributed by atoms with Crippen molar-refractivity contribution in [3.05, 3.63) is 30.2 Å². The second-order valence-corrected chi connectivity index (χ2v) is 6.73. The molecular formula is C17H22N6O2. The molecule has 25 heavy (non-hydrogen) atoms. The summed E-state index contributed by atoms with van der Waals surface area (Å²) in [5.74, 6) is 0.699. The van der Waals surface area contributed by atoms with Crippen molar-refractivity contribution in [1.29, 1.82) is 0 Å². The highest BCUT2D eigenvalue weighted by Crippen LogP contribution is 2.37. The van der Waals surface area contributed by atoms with Gasteiger partial charge in [0.05, 0.1) is 23.9 Å². The molecule has 4 heterocycles.